The second kappa shape index (κ2) is 7.21. The number of nitrogens with one attached hydrogen (secondary N) is 1. The second-order valence-electron chi connectivity index (χ2n) is 6.47. The first-order valence-electron chi connectivity index (χ1n) is 8.45. The van der Waals surface area contributed by atoms with Crippen LogP contribution in [0.3, 0.4) is 0 Å². The number of aryl methyl sites for hydroxylation is 1. The van der Waals surface area contributed by atoms with E-state index < -0.39 is 0 Å². The van der Waals surface area contributed by atoms with Gasteiger partial charge in [-0.2, -0.15) is 4.98 Å². The zero-order chi connectivity index (χ0) is 13.6. The highest BCUT2D eigenvalue weighted by atomic mass is 16.5. The summed E-state index contributed by atoms with van der Waals surface area (Å²) < 4.78 is 5.47. The maximum atomic E-state index is 5.47. The van der Waals surface area contributed by atoms with Crippen molar-refractivity contribution >= 4 is 0 Å². The molecule has 2 fully saturated rings. The lowest BCUT2D eigenvalue weighted by Crippen LogP contribution is -2.27. The molecule has 1 aliphatic carbocycles. The SMILES string of the molecule is C1CCCC(c2noc(CCC3CCNCC3)n2)CC1. The van der Waals surface area contributed by atoms with Crippen molar-refractivity contribution < 1.29 is 4.52 Å². The molecule has 3 rings (SSSR count). The molecule has 1 N–H and O–H groups in total. The van der Waals surface area contributed by atoms with Crippen LogP contribution in [0.4, 0.5) is 0 Å². The van der Waals surface area contributed by atoms with Crippen molar-refractivity contribution in [2.24, 2.45) is 5.92 Å². The van der Waals surface area contributed by atoms with E-state index in [1.165, 1.54) is 70.9 Å². The van der Waals surface area contributed by atoms with Crippen molar-refractivity contribution in [3.05, 3.63) is 11.7 Å². The smallest absolute Gasteiger partial charge is 0.226 e. The molecule has 0 bridgehead atoms. The van der Waals surface area contributed by atoms with Gasteiger partial charge in [0.2, 0.25) is 5.89 Å². The zero-order valence-corrected chi connectivity index (χ0v) is 12.4. The van der Waals surface area contributed by atoms with Crippen LogP contribution in [0, 0.1) is 5.92 Å². The van der Waals surface area contributed by atoms with Crippen LogP contribution in [0.5, 0.6) is 0 Å². The lowest BCUT2D eigenvalue weighted by atomic mass is 9.93. The zero-order valence-electron chi connectivity index (χ0n) is 12.4. The normalized spacial score (nSPS) is 22.8. The summed E-state index contributed by atoms with van der Waals surface area (Å²) in [5.74, 6) is 3.23. The van der Waals surface area contributed by atoms with E-state index >= 15 is 0 Å². The number of rotatable bonds is 4. The highest BCUT2D eigenvalue weighted by molar-refractivity contribution is 4.96. The van der Waals surface area contributed by atoms with Crippen LogP contribution in [0.1, 0.15) is 75.4 Å². The van der Waals surface area contributed by atoms with Gasteiger partial charge in [-0.15, -0.1) is 0 Å². The predicted molar refractivity (Wildman–Crippen MR) is 78.7 cm³/mol. The van der Waals surface area contributed by atoms with Crippen molar-refractivity contribution in [3.8, 4) is 0 Å². The summed E-state index contributed by atoms with van der Waals surface area (Å²) in [5.41, 5.74) is 0. The van der Waals surface area contributed by atoms with Gasteiger partial charge in [-0.05, 0) is 51.1 Å². The van der Waals surface area contributed by atoms with E-state index in [1.54, 1.807) is 0 Å². The minimum Gasteiger partial charge on any atom is -0.339 e. The maximum Gasteiger partial charge on any atom is 0.226 e. The highest BCUT2D eigenvalue weighted by Gasteiger charge is 2.20. The summed E-state index contributed by atoms with van der Waals surface area (Å²) in [4.78, 5) is 4.67. The average molecular weight is 277 g/mol. The minimum absolute atomic E-state index is 0.550. The molecule has 4 nitrogen and oxygen atoms in total. The van der Waals surface area contributed by atoms with Crippen LogP contribution in [0.15, 0.2) is 4.52 Å². The molecule has 2 heterocycles. The first kappa shape index (κ1) is 14.1. The molecule has 1 saturated carbocycles. The van der Waals surface area contributed by atoms with Gasteiger partial charge in [0.05, 0.1) is 0 Å². The van der Waals surface area contributed by atoms with Gasteiger partial charge < -0.3 is 9.84 Å². The Kier molecular flexibility index (Phi) is 5.06. The Hall–Kier alpha value is -0.900. The minimum atomic E-state index is 0.550. The van der Waals surface area contributed by atoms with Crippen molar-refractivity contribution in [2.45, 2.75) is 70.1 Å². The largest absolute Gasteiger partial charge is 0.339 e. The van der Waals surface area contributed by atoms with Gasteiger partial charge in [0.1, 0.15) is 0 Å². The van der Waals surface area contributed by atoms with Crippen LogP contribution in [-0.4, -0.2) is 23.2 Å². The Labute approximate surface area is 121 Å². The lowest BCUT2D eigenvalue weighted by Gasteiger charge is -2.21. The average Bonchev–Trinajstić information content (AvgIpc) is 2.80. The topological polar surface area (TPSA) is 51.0 Å². The van der Waals surface area contributed by atoms with Crippen molar-refractivity contribution in [1.82, 2.24) is 15.5 Å². The van der Waals surface area contributed by atoms with Gasteiger partial charge in [-0.1, -0.05) is 30.8 Å². The number of aromatic nitrogens is 2. The van der Waals surface area contributed by atoms with E-state index in [-0.39, 0.29) is 0 Å². The molecule has 0 unspecified atom stereocenters. The van der Waals surface area contributed by atoms with E-state index in [4.69, 9.17) is 4.52 Å². The van der Waals surface area contributed by atoms with Crippen LogP contribution in [-0.2, 0) is 6.42 Å². The summed E-state index contributed by atoms with van der Waals surface area (Å²) in [5, 5.41) is 7.66. The van der Waals surface area contributed by atoms with Gasteiger partial charge in [0.15, 0.2) is 5.82 Å². The van der Waals surface area contributed by atoms with Gasteiger partial charge in [-0.25, -0.2) is 0 Å². The molecule has 20 heavy (non-hydrogen) atoms. The fourth-order valence-electron chi connectivity index (χ4n) is 3.57. The summed E-state index contributed by atoms with van der Waals surface area (Å²) >= 11 is 0. The van der Waals surface area contributed by atoms with E-state index in [1.807, 2.05) is 0 Å². The standard InChI is InChI=1S/C16H27N3O/c1-2-4-6-14(5-3-1)16-18-15(20-19-16)8-7-13-9-11-17-12-10-13/h13-14,17H,1-12H2. The molecule has 1 aromatic rings. The molecule has 2 aliphatic rings. The van der Waals surface area contributed by atoms with Gasteiger partial charge in [0, 0.05) is 12.3 Å². The van der Waals surface area contributed by atoms with E-state index in [2.05, 4.69) is 15.5 Å². The fourth-order valence-corrected chi connectivity index (χ4v) is 3.57. The third kappa shape index (κ3) is 3.81. The number of piperidine rings is 1. The van der Waals surface area contributed by atoms with Crippen molar-refractivity contribution in [2.75, 3.05) is 13.1 Å². The van der Waals surface area contributed by atoms with Gasteiger partial charge in [-0.3, -0.25) is 0 Å². The Morgan fingerprint density at radius 2 is 1.75 bits per heavy atom. The first-order chi connectivity index (χ1) is 9.92. The summed E-state index contributed by atoms with van der Waals surface area (Å²) in [6, 6.07) is 0. The summed E-state index contributed by atoms with van der Waals surface area (Å²) in [7, 11) is 0. The van der Waals surface area contributed by atoms with Gasteiger partial charge >= 0.3 is 0 Å². The maximum absolute atomic E-state index is 5.47. The molecule has 1 aromatic heterocycles. The lowest BCUT2D eigenvalue weighted by molar-refractivity contribution is 0.322. The van der Waals surface area contributed by atoms with Crippen LogP contribution in [0.2, 0.25) is 0 Å². The number of hydrogen-bond acceptors (Lipinski definition) is 4. The first-order valence-corrected chi connectivity index (χ1v) is 8.45. The quantitative estimate of drug-likeness (QED) is 0.857. The van der Waals surface area contributed by atoms with E-state index in [9.17, 15) is 0 Å². The second-order valence-corrected chi connectivity index (χ2v) is 6.47. The molecule has 0 atom stereocenters. The molecular formula is C16H27N3O. The van der Waals surface area contributed by atoms with Crippen molar-refractivity contribution in [1.29, 1.82) is 0 Å². The predicted octanol–water partition coefficient (Wildman–Crippen LogP) is 3.44. The Bertz CT molecular complexity index is 390. The Morgan fingerprint density at radius 1 is 1.00 bits per heavy atom. The molecule has 4 heteroatoms. The summed E-state index contributed by atoms with van der Waals surface area (Å²) in [6.45, 7) is 2.34. The molecule has 0 spiro atoms. The third-order valence-corrected chi connectivity index (χ3v) is 4.93. The van der Waals surface area contributed by atoms with Crippen LogP contribution >= 0.6 is 0 Å². The Morgan fingerprint density at radius 3 is 2.50 bits per heavy atom. The third-order valence-electron chi connectivity index (χ3n) is 4.93. The number of nitrogens with zero attached hydrogens (tertiary/aromatic N) is 2. The van der Waals surface area contributed by atoms with Crippen molar-refractivity contribution in [3.63, 3.8) is 0 Å². The molecule has 1 saturated heterocycles. The highest BCUT2D eigenvalue weighted by Crippen LogP contribution is 2.30. The molecule has 0 aromatic carbocycles. The molecule has 1 aliphatic heterocycles. The molecular weight excluding hydrogens is 250 g/mol. The van der Waals surface area contributed by atoms with Crippen LogP contribution in [0.25, 0.3) is 0 Å². The molecule has 0 radical (unpaired) electrons. The monoisotopic (exact) mass is 277 g/mol. The number of hydrogen-bond donors (Lipinski definition) is 1. The molecule has 112 valence electrons. The Balaban J connectivity index is 1.50. The summed E-state index contributed by atoms with van der Waals surface area (Å²) in [6.07, 6.45) is 12.6. The van der Waals surface area contributed by atoms with Gasteiger partial charge in [0.25, 0.3) is 0 Å². The van der Waals surface area contributed by atoms with Crippen LogP contribution < -0.4 is 5.32 Å². The van der Waals surface area contributed by atoms with E-state index in [0.717, 1.165) is 24.1 Å². The molecule has 0 amide bonds. The van der Waals surface area contributed by atoms with E-state index in [0.29, 0.717) is 5.92 Å². The fraction of sp³-hybridized carbons (Fsp3) is 0.875.